The fourth-order valence-corrected chi connectivity index (χ4v) is 1.89. The number of rotatable bonds is 7. The molecule has 1 rings (SSSR count). The molecule has 2 N–H and O–H groups in total. The molecule has 5 nitrogen and oxygen atoms in total. The van der Waals surface area contributed by atoms with Crippen molar-refractivity contribution in [1.29, 1.82) is 0 Å². The third-order valence-corrected chi connectivity index (χ3v) is 3.07. The number of halogens is 3. The van der Waals surface area contributed by atoms with Crippen LogP contribution in [0.15, 0.2) is 30.3 Å². The summed E-state index contributed by atoms with van der Waals surface area (Å²) < 4.78 is 36.1. The number of nitrogens with zero attached hydrogens (tertiary/aromatic N) is 1. The third kappa shape index (κ3) is 7.03. The summed E-state index contributed by atoms with van der Waals surface area (Å²) in [6.45, 7) is 2.38. The summed E-state index contributed by atoms with van der Waals surface area (Å²) >= 11 is 0. The molecule has 0 unspecified atom stereocenters. The Kier molecular flexibility index (Phi) is 6.87. The van der Waals surface area contributed by atoms with Crippen LogP contribution in [0.3, 0.4) is 0 Å². The molecule has 0 aliphatic rings. The number of hydrogen-bond donors (Lipinski definition) is 2. The zero-order valence-corrected chi connectivity index (χ0v) is 13.0. The lowest BCUT2D eigenvalue weighted by Crippen LogP contribution is -2.49. The van der Waals surface area contributed by atoms with Gasteiger partial charge < -0.3 is 15.5 Å². The predicted octanol–water partition coefficient (Wildman–Crippen LogP) is 1.70. The number of carbonyl (C=O) groups excluding carboxylic acids is 2. The number of alkyl halides is 3. The van der Waals surface area contributed by atoms with Gasteiger partial charge in [-0.05, 0) is 26.0 Å². The number of hydrogen-bond acceptors (Lipinski definition) is 3. The highest BCUT2D eigenvalue weighted by molar-refractivity contribution is 5.89. The van der Waals surface area contributed by atoms with Crippen molar-refractivity contribution in [2.75, 3.05) is 24.5 Å². The summed E-state index contributed by atoms with van der Waals surface area (Å²) in [7, 11) is 0. The molecular weight excluding hydrogens is 311 g/mol. The lowest BCUT2D eigenvalue weighted by molar-refractivity contribution is -0.140. The van der Waals surface area contributed by atoms with E-state index < -0.39 is 30.6 Å². The van der Waals surface area contributed by atoms with Crippen LogP contribution in [0.1, 0.15) is 13.8 Å². The Labute approximate surface area is 132 Å². The molecule has 1 atom stereocenters. The molecule has 2 amide bonds. The van der Waals surface area contributed by atoms with Gasteiger partial charge in [-0.2, -0.15) is 13.2 Å². The molecule has 0 aliphatic heterocycles. The highest BCUT2D eigenvalue weighted by atomic mass is 19.4. The monoisotopic (exact) mass is 331 g/mol. The molecule has 0 bridgehead atoms. The average Bonchev–Trinajstić information content (AvgIpc) is 2.50. The molecule has 0 fully saturated rings. The van der Waals surface area contributed by atoms with Crippen molar-refractivity contribution in [2.24, 2.45) is 0 Å². The Hall–Kier alpha value is -2.25. The first-order valence-corrected chi connectivity index (χ1v) is 7.16. The Morgan fingerprint density at radius 3 is 2.35 bits per heavy atom. The first kappa shape index (κ1) is 18.8. The van der Waals surface area contributed by atoms with Crippen LogP contribution < -0.4 is 15.5 Å². The summed E-state index contributed by atoms with van der Waals surface area (Å²) in [5, 5.41) is 4.12. The Morgan fingerprint density at radius 1 is 1.22 bits per heavy atom. The van der Waals surface area contributed by atoms with Gasteiger partial charge >= 0.3 is 6.18 Å². The maximum atomic E-state index is 12.0. The zero-order chi connectivity index (χ0) is 17.5. The topological polar surface area (TPSA) is 61.4 Å². The second-order valence-corrected chi connectivity index (χ2v) is 4.97. The maximum absolute atomic E-state index is 12.0. The molecule has 0 spiro atoms. The quantitative estimate of drug-likeness (QED) is 0.799. The van der Waals surface area contributed by atoms with Gasteiger partial charge in [0.05, 0.1) is 6.54 Å². The van der Waals surface area contributed by atoms with Crippen molar-refractivity contribution in [1.82, 2.24) is 10.6 Å². The lowest BCUT2D eigenvalue weighted by Gasteiger charge is -2.23. The zero-order valence-electron chi connectivity index (χ0n) is 13.0. The van der Waals surface area contributed by atoms with Crippen LogP contribution in [0, 0.1) is 0 Å². The fraction of sp³-hybridized carbons (Fsp3) is 0.467. The summed E-state index contributed by atoms with van der Waals surface area (Å²) in [6, 6.07) is 8.17. The van der Waals surface area contributed by atoms with Crippen LogP contribution in [0.2, 0.25) is 0 Å². The maximum Gasteiger partial charge on any atom is 0.405 e. The van der Waals surface area contributed by atoms with Crippen LogP contribution in [-0.2, 0) is 9.59 Å². The van der Waals surface area contributed by atoms with E-state index in [0.29, 0.717) is 6.54 Å². The van der Waals surface area contributed by atoms with Gasteiger partial charge in [-0.1, -0.05) is 18.2 Å². The number of para-hydroxylation sites is 1. The van der Waals surface area contributed by atoms with Crippen molar-refractivity contribution in [2.45, 2.75) is 26.1 Å². The molecule has 0 saturated carbocycles. The summed E-state index contributed by atoms with van der Waals surface area (Å²) in [6.07, 6.45) is -4.48. The van der Waals surface area contributed by atoms with Crippen molar-refractivity contribution in [3.63, 3.8) is 0 Å². The van der Waals surface area contributed by atoms with E-state index in [9.17, 15) is 22.8 Å². The SMILES string of the molecule is CCN(CC(=O)N[C@H](C)C(=O)NCC(F)(F)F)c1ccccc1. The molecule has 1 aromatic carbocycles. The van der Waals surface area contributed by atoms with Crippen LogP contribution in [0.4, 0.5) is 18.9 Å². The fourth-order valence-electron chi connectivity index (χ4n) is 1.89. The van der Waals surface area contributed by atoms with E-state index in [0.717, 1.165) is 5.69 Å². The first-order chi connectivity index (χ1) is 10.7. The van der Waals surface area contributed by atoms with Crippen LogP contribution in [-0.4, -0.2) is 43.7 Å². The van der Waals surface area contributed by atoms with E-state index >= 15 is 0 Å². The van der Waals surface area contributed by atoms with Crippen LogP contribution in [0.5, 0.6) is 0 Å². The molecule has 128 valence electrons. The molecule has 0 aliphatic carbocycles. The number of likely N-dealkylation sites (N-methyl/N-ethyl adjacent to an activating group) is 1. The van der Waals surface area contributed by atoms with Crippen molar-refractivity contribution in [3.8, 4) is 0 Å². The van der Waals surface area contributed by atoms with Crippen LogP contribution in [0.25, 0.3) is 0 Å². The largest absolute Gasteiger partial charge is 0.405 e. The number of nitrogens with one attached hydrogen (secondary N) is 2. The minimum atomic E-state index is -4.48. The van der Waals surface area contributed by atoms with E-state index in [2.05, 4.69) is 5.32 Å². The van der Waals surface area contributed by atoms with E-state index in [1.807, 2.05) is 37.3 Å². The van der Waals surface area contributed by atoms with Gasteiger partial charge in [0.15, 0.2) is 0 Å². The van der Waals surface area contributed by atoms with Crippen molar-refractivity contribution in [3.05, 3.63) is 30.3 Å². The van der Waals surface area contributed by atoms with E-state index in [4.69, 9.17) is 0 Å². The normalized spacial score (nSPS) is 12.4. The standard InChI is InChI=1S/C15H20F3N3O2/c1-3-21(12-7-5-4-6-8-12)9-13(22)20-11(2)14(23)19-10-15(16,17)18/h4-8,11H,3,9-10H2,1-2H3,(H,19,23)(H,20,22)/t11-/m1/s1. The lowest BCUT2D eigenvalue weighted by atomic mass is 10.2. The smallest absolute Gasteiger partial charge is 0.363 e. The van der Waals surface area contributed by atoms with Crippen molar-refractivity contribution < 1.29 is 22.8 Å². The van der Waals surface area contributed by atoms with E-state index in [-0.39, 0.29) is 6.54 Å². The Bertz CT molecular complexity index is 520. The molecule has 0 heterocycles. The number of amides is 2. The van der Waals surface area contributed by atoms with Gasteiger partial charge in [0.2, 0.25) is 11.8 Å². The van der Waals surface area contributed by atoms with E-state index in [1.54, 1.807) is 10.2 Å². The van der Waals surface area contributed by atoms with E-state index in [1.165, 1.54) is 6.92 Å². The van der Waals surface area contributed by atoms with Gasteiger partial charge in [-0.3, -0.25) is 9.59 Å². The Morgan fingerprint density at radius 2 is 1.83 bits per heavy atom. The first-order valence-electron chi connectivity index (χ1n) is 7.16. The summed E-state index contributed by atoms with van der Waals surface area (Å²) in [5.74, 6) is -1.32. The molecule has 0 aromatic heterocycles. The van der Waals surface area contributed by atoms with Gasteiger partial charge in [-0.15, -0.1) is 0 Å². The van der Waals surface area contributed by atoms with Gasteiger partial charge in [-0.25, -0.2) is 0 Å². The second kappa shape index (κ2) is 8.40. The predicted molar refractivity (Wildman–Crippen MR) is 81.0 cm³/mol. The Balaban J connectivity index is 2.50. The minimum Gasteiger partial charge on any atom is -0.363 e. The van der Waals surface area contributed by atoms with Crippen molar-refractivity contribution >= 4 is 17.5 Å². The molecule has 8 heteroatoms. The molecular formula is C15H20F3N3O2. The average molecular weight is 331 g/mol. The third-order valence-electron chi connectivity index (χ3n) is 3.07. The highest BCUT2D eigenvalue weighted by Crippen LogP contribution is 2.13. The van der Waals surface area contributed by atoms with Gasteiger partial charge in [0, 0.05) is 12.2 Å². The highest BCUT2D eigenvalue weighted by Gasteiger charge is 2.29. The number of carbonyl (C=O) groups is 2. The van der Waals surface area contributed by atoms with Gasteiger partial charge in [0.1, 0.15) is 12.6 Å². The number of anilines is 1. The molecule has 0 saturated heterocycles. The number of benzene rings is 1. The van der Waals surface area contributed by atoms with Gasteiger partial charge in [0.25, 0.3) is 0 Å². The minimum absolute atomic E-state index is 0.0113. The summed E-state index contributed by atoms with van der Waals surface area (Å²) in [5.41, 5.74) is 0.847. The summed E-state index contributed by atoms with van der Waals surface area (Å²) in [4.78, 5) is 25.2. The molecule has 1 aromatic rings. The second-order valence-electron chi connectivity index (χ2n) is 4.97. The molecule has 0 radical (unpaired) electrons. The molecule has 23 heavy (non-hydrogen) atoms. The van der Waals surface area contributed by atoms with Crippen LogP contribution >= 0.6 is 0 Å².